The second kappa shape index (κ2) is 10.3. The first-order chi connectivity index (χ1) is 16.4. The van der Waals surface area contributed by atoms with Gasteiger partial charge in [0.05, 0.1) is 16.6 Å². The Labute approximate surface area is 204 Å². The number of rotatable bonds is 8. The van der Waals surface area contributed by atoms with E-state index in [1.54, 1.807) is 6.07 Å². The number of amides is 1. The monoisotopic (exact) mass is 526 g/mol. The number of hydrogen-bond donors (Lipinski definition) is 3. The van der Waals surface area contributed by atoms with Crippen LogP contribution >= 0.6 is 15.9 Å². The van der Waals surface area contributed by atoms with Gasteiger partial charge in [-0.15, -0.1) is 0 Å². The van der Waals surface area contributed by atoms with Crippen molar-refractivity contribution < 1.29 is 24.7 Å². The standard InChI is InChI=1S/C25H23BrN2O6/c26-15-9-10-20(22(13-15)28(32)33)24(30)23(29)11-12-27-25(31)34-14-21-18-7-3-1-5-16(18)17-6-2-4-8-19(17)21/h1-10,13,21,23-24,29-30H,11-12,14H2,(H,27,31). The molecule has 3 aromatic carbocycles. The smallest absolute Gasteiger partial charge is 0.407 e. The van der Waals surface area contributed by atoms with Gasteiger partial charge in [0.25, 0.3) is 5.69 Å². The zero-order valence-corrected chi connectivity index (χ0v) is 19.6. The van der Waals surface area contributed by atoms with E-state index >= 15 is 0 Å². The molecule has 0 fully saturated rings. The van der Waals surface area contributed by atoms with Crippen LogP contribution in [0.4, 0.5) is 10.5 Å². The van der Waals surface area contributed by atoms with Gasteiger partial charge < -0.3 is 20.3 Å². The first-order valence-electron chi connectivity index (χ1n) is 10.8. The first kappa shape index (κ1) is 23.9. The summed E-state index contributed by atoms with van der Waals surface area (Å²) >= 11 is 3.16. The summed E-state index contributed by atoms with van der Waals surface area (Å²) in [6.07, 6.45) is -3.44. The Balaban J connectivity index is 1.30. The Morgan fingerprint density at radius 3 is 2.29 bits per heavy atom. The molecule has 0 saturated carbocycles. The second-order valence-electron chi connectivity index (χ2n) is 8.01. The van der Waals surface area contributed by atoms with E-state index in [2.05, 4.69) is 33.4 Å². The van der Waals surface area contributed by atoms with Gasteiger partial charge in [-0.2, -0.15) is 0 Å². The number of aliphatic hydroxyl groups excluding tert-OH is 2. The Kier molecular flexibility index (Phi) is 7.26. The summed E-state index contributed by atoms with van der Waals surface area (Å²) in [6.45, 7) is 0.190. The van der Waals surface area contributed by atoms with Crippen molar-refractivity contribution in [3.05, 3.63) is 98.0 Å². The van der Waals surface area contributed by atoms with Crippen molar-refractivity contribution in [1.29, 1.82) is 0 Å². The van der Waals surface area contributed by atoms with Crippen LogP contribution in [0.3, 0.4) is 0 Å². The SMILES string of the molecule is O=C(NCCC(O)C(O)c1ccc(Br)cc1[N+](=O)[O-])OCC1c2ccccc2-c2ccccc21. The lowest BCUT2D eigenvalue weighted by Gasteiger charge is -2.19. The maximum Gasteiger partial charge on any atom is 0.407 e. The van der Waals surface area contributed by atoms with E-state index in [-0.39, 0.29) is 36.7 Å². The van der Waals surface area contributed by atoms with Crippen LogP contribution in [-0.4, -0.2) is 40.5 Å². The minimum Gasteiger partial charge on any atom is -0.449 e. The topological polar surface area (TPSA) is 122 Å². The molecule has 1 amide bonds. The molecule has 1 aliphatic rings. The van der Waals surface area contributed by atoms with Gasteiger partial charge in [-0.1, -0.05) is 64.5 Å². The highest BCUT2D eigenvalue weighted by atomic mass is 79.9. The summed E-state index contributed by atoms with van der Waals surface area (Å²) in [5.41, 5.74) is 4.17. The second-order valence-corrected chi connectivity index (χ2v) is 8.93. The molecule has 8 nitrogen and oxygen atoms in total. The molecule has 0 aliphatic heterocycles. The zero-order chi connectivity index (χ0) is 24.2. The maximum absolute atomic E-state index is 12.3. The number of nitrogens with one attached hydrogen (secondary N) is 1. The van der Waals surface area contributed by atoms with Gasteiger partial charge in [0.2, 0.25) is 0 Å². The molecule has 3 N–H and O–H groups in total. The van der Waals surface area contributed by atoms with Gasteiger partial charge in [-0.05, 0) is 40.8 Å². The Morgan fingerprint density at radius 1 is 1.06 bits per heavy atom. The average Bonchev–Trinajstić information content (AvgIpc) is 3.16. The molecular formula is C25H23BrN2O6. The Bertz CT molecular complexity index is 1170. The highest BCUT2D eigenvalue weighted by Crippen LogP contribution is 2.44. The lowest BCUT2D eigenvalue weighted by atomic mass is 9.98. The summed E-state index contributed by atoms with van der Waals surface area (Å²) in [6, 6.07) is 20.2. The fourth-order valence-corrected chi connectivity index (χ4v) is 4.61. The van der Waals surface area contributed by atoms with Crippen molar-refractivity contribution in [3.8, 4) is 11.1 Å². The van der Waals surface area contributed by atoms with Crippen LogP contribution in [0.2, 0.25) is 0 Å². The van der Waals surface area contributed by atoms with E-state index in [1.807, 2.05) is 36.4 Å². The van der Waals surface area contributed by atoms with Gasteiger partial charge in [-0.3, -0.25) is 10.1 Å². The highest BCUT2D eigenvalue weighted by Gasteiger charge is 2.29. The zero-order valence-electron chi connectivity index (χ0n) is 18.1. The molecule has 176 valence electrons. The number of halogens is 1. The van der Waals surface area contributed by atoms with Crippen molar-refractivity contribution in [1.82, 2.24) is 5.32 Å². The van der Waals surface area contributed by atoms with E-state index in [0.29, 0.717) is 4.47 Å². The van der Waals surface area contributed by atoms with Crippen LogP contribution in [0.5, 0.6) is 0 Å². The quantitative estimate of drug-likeness (QED) is 0.289. The van der Waals surface area contributed by atoms with E-state index in [4.69, 9.17) is 4.74 Å². The van der Waals surface area contributed by atoms with E-state index in [0.717, 1.165) is 22.3 Å². The third kappa shape index (κ3) is 4.96. The van der Waals surface area contributed by atoms with Crippen molar-refractivity contribution in [2.45, 2.75) is 24.5 Å². The largest absolute Gasteiger partial charge is 0.449 e. The molecule has 0 heterocycles. The van der Waals surface area contributed by atoms with Crippen molar-refractivity contribution >= 4 is 27.7 Å². The van der Waals surface area contributed by atoms with Gasteiger partial charge >= 0.3 is 6.09 Å². The molecule has 0 bridgehead atoms. The number of carbonyl (C=O) groups is 1. The number of alkyl carbamates (subject to hydrolysis) is 1. The number of hydrogen-bond acceptors (Lipinski definition) is 6. The van der Waals surface area contributed by atoms with Crippen LogP contribution < -0.4 is 5.32 Å². The minimum atomic E-state index is -1.47. The predicted octanol–water partition coefficient (Wildman–Crippen LogP) is 4.68. The lowest BCUT2D eigenvalue weighted by Crippen LogP contribution is -2.30. The van der Waals surface area contributed by atoms with E-state index < -0.39 is 23.2 Å². The number of aliphatic hydroxyl groups is 2. The number of benzene rings is 3. The number of fused-ring (bicyclic) bond motifs is 3. The predicted molar refractivity (Wildman–Crippen MR) is 129 cm³/mol. The van der Waals surface area contributed by atoms with Gasteiger partial charge in [0.15, 0.2) is 0 Å². The van der Waals surface area contributed by atoms with Crippen molar-refractivity contribution in [3.63, 3.8) is 0 Å². The summed E-state index contributed by atoms with van der Waals surface area (Å²) < 4.78 is 5.93. The first-order valence-corrected chi connectivity index (χ1v) is 11.5. The molecular weight excluding hydrogens is 504 g/mol. The number of carbonyl (C=O) groups excluding carboxylic acids is 1. The molecule has 0 spiro atoms. The average molecular weight is 527 g/mol. The fraction of sp³-hybridized carbons (Fsp3) is 0.240. The molecule has 2 unspecified atom stereocenters. The van der Waals surface area contributed by atoms with Crippen LogP contribution in [-0.2, 0) is 4.74 Å². The van der Waals surface area contributed by atoms with Crippen LogP contribution in [0.15, 0.2) is 71.2 Å². The summed E-state index contributed by atoms with van der Waals surface area (Å²) in [5.74, 6) is -0.0662. The molecule has 1 aliphatic carbocycles. The number of nitro groups is 1. The Morgan fingerprint density at radius 2 is 1.68 bits per heavy atom. The van der Waals surface area contributed by atoms with Crippen molar-refractivity contribution in [2.24, 2.45) is 0 Å². The maximum atomic E-state index is 12.3. The molecule has 0 saturated heterocycles. The fourth-order valence-electron chi connectivity index (χ4n) is 4.26. The van der Waals surface area contributed by atoms with Crippen LogP contribution in [0, 0.1) is 10.1 Å². The highest BCUT2D eigenvalue weighted by molar-refractivity contribution is 9.10. The van der Waals surface area contributed by atoms with E-state index in [9.17, 15) is 25.1 Å². The number of ether oxygens (including phenoxy) is 1. The molecule has 9 heteroatoms. The number of nitro benzene ring substituents is 1. The van der Waals surface area contributed by atoms with Crippen molar-refractivity contribution in [2.75, 3.05) is 13.2 Å². The third-order valence-electron chi connectivity index (χ3n) is 5.93. The Hall–Kier alpha value is -3.27. The van der Waals surface area contributed by atoms with Crippen LogP contribution in [0.1, 0.15) is 35.1 Å². The van der Waals surface area contributed by atoms with Gasteiger partial charge in [0, 0.05) is 23.0 Å². The number of nitrogens with zero attached hydrogens (tertiary/aromatic N) is 1. The normalized spacial score (nSPS) is 14.1. The molecule has 0 aromatic heterocycles. The summed E-state index contributed by atoms with van der Waals surface area (Å²) in [5, 5.41) is 34.5. The van der Waals surface area contributed by atoms with Gasteiger partial charge in [-0.25, -0.2) is 4.79 Å². The third-order valence-corrected chi connectivity index (χ3v) is 6.42. The minimum absolute atomic E-state index is 0.00170. The molecule has 3 aromatic rings. The molecule has 0 radical (unpaired) electrons. The summed E-state index contributed by atoms with van der Waals surface area (Å²) in [4.78, 5) is 22.9. The van der Waals surface area contributed by atoms with Crippen LogP contribution in [0.25, 0.3) is 11.1 Å². The lowest BCUT2D eigenvalue weighted by molar-refractivity contribution is -0.386. The molecule has 4 rings (SSSR count). The molecule has 34 heavy (non-hydrogen) atoms. The molecule has 2 atom stereocenters. The van der Waals surface area contributed by atoms with Gasteiger partial charge in [0.1, 0.15) is 12.7 Å². The summed E-state index contributed by atoms with van der Waals surface area (Å²) in [7, 11) is 0. The van der Waals surface area contributed by atoms with E-state index in [1.165, 1.54) is 12.1 Å².